The van der Waals surface area contributed by atoms with Crippen LogP contribution in [-0.4, -0.2) is 24.5 Å². The van der Waals surface area contributed by atoms with Crippen LogP contribution in [0.2, 0.25) is 0 Å². The molecule has 146 valence electrons. The standard InChI is InChI=1S/C24H28N2O2/c1-28-19-12-13-22-21(16-19)20(23(26-22)17-8-4-2-5-9-17)14-15-25-24(27)18-10-6-3-7-11-18/h2,4-5,8-9,12-13,16,18,26H,3,6-7,10-11,14-15H2,1H3,(H,25,27). The van der Waals surface area contributed by atoms with Gasteiger partial charge in [-0.25, -0.2) is 0 Å². The summed E-state index contributed by atoms with van der Waals surface area (Å²) in [5, 5.41) is 4.34. The van der Waals surface area contributed by atoms with Crippen molar-refractivity contribution in [2.75, 3.05) is 13.7 Å². The van der Waals surface area contributed by atoms with Gasteiger partial charge in [0.1, 0.15) is 5.75 Å². The SMILES string of the molecule is COc1ccc2[nH]c(-c3ccccc3)c(CCNC(=O)C3CCCCC3)c2c1. The molecular weight excluding hydrogens is 348 g/mol. The Balaban J connectivity index is 1.57. The number of aromatic amines is 1. The lowest BCUT2D eigenvalue weighted by Crippen LogP contribution is -2.33. The Morgan fingerprint density at radius 1 is 1.11 bits per heavy atom. The summed E-state index contributed by atoms with van der Waals surface area (Å²) < 4.78 is 5.43. The van der Waals surface area contributed by atoms with Gasteiger partial charge in [0.05, 0.1) is 7.11 Å². The molecule has 1 aliphatic rings. The highest BCUT2D eigenvalue weighted by Gasteiger charge is 2.21. The van der Waals surface area contributed by atoms with Gasteiger partial charge >= 0.3 is 0 Å². The van der Waals surface area contributed by atoms with Gasteiger partial charge in [0, 0.05) is 29.1 Å². The molecule has 0 unspecified atom stereocenters. The van der Waals surface area contributed by atoms with E-state index in [0.29, 0.717) is 6.54 Å². The van der Waals surface area contributed by atoms with E-state index in [0.717, 1.165) is 47.2 Å². The van der Waals surface area contributed by atoms with Crippen molar-refractivity contribution >= 4 is 16.8 Å². The Morgan fingerprint density at radius 2 is 1.89 bits per heavy atom. The predicted octanol–water partition coefficient (Wildman–Crippen LogP) is 5.08. The summed E-state index contributed by atoms with van der Waals surface area (Å²) in [6.07, 6.45) is 6.48. The van der Waals surface area contributed by atoms with Crippen molar-refractivity contribution in [1.82, 2.24) is 10.3 Å². The molecule has 1 heterocycles. The third-order valence-corrected chi connectivity index (χ3v) is 5.83. The average Bonchev–Trinajstić information content (AvgIpc) is 3.12. The van der Waals surface area contributed by atoms with E-state index in [2.05, 4.69) is 46.7 Å². The molecular formula is C24H28N2O2. The van der Waals surface area contributed by atoms with E-state index < -0.39 is 0 Å². The number of carbonyl (C=O) groups is 1. The second-order valence-corrected chi connectivity index (χ2v) is 7.63. The average molecular weight is 377 g/mol. The zero-order chi connectivity index (χ0) is 19.3. The number of amides is 1. The van der Waals surface area contributed by atoms with Gasteiger partial charge in [-0.05, 0) is 48.6 Å². The van der Waals surface area contributed by atoms with E-state index in [-0.39, 0.29) is 11.8 Å². The fourth-order valence-corrected chi connectivity index (χ4v) is 4.28. The zero-order valence-corrected chi connectivity index (χ0v) is 16.5. The second kappa shape index (κ2) is 8.51. The van der Waals surface area contributed by atoms with Crippen molar-refractivity contribution in [3.63, 3.8) is 0 Å². The molecule has 1 saturated carbocycles. The van der Waals surface area contributed by atoms with Crippen LogP contribution in [0.15, 0.2) is 48.5 Å². The molecule has 3 aromatic rings. The van der Waals surface area contributed by atoms with Crippen LogP contribution < -0.4 is 10.1 Å². The molecule has 0 bridgehead atoms. The molecule has 2 N–H and O–H groups in total. The fraction of sp³-hybridized carbons (Fsp3) is 0.375. The Kier molecular flexibility index (Phi) is 5.65. The van der Waals surface area contributed by atoms with Crippen molar-refractivity contribution in [1.29, 1.82) is 0 Å². The molecule has 4 rings (SSSR count). The van der Waals surface area contributed by atoms with Crippen molar-refractivity contribution in [2.45, 2.75) is 38.5 Å². The molecule has 1 amide bonds. The van der Waals surface area contributed by atoms with E-state index in [1.165, 1.54) is 24.8 Å². The van der Waals surface area contributed by atoms with Gasteiger partial charge in [-0.2, -0.15) is 0 Å². The topological polar surface area (TPSA) is 54.1 Å². The molecule has 1 fully saturated rings. The third kappa shape index (κ3) is 3.91. The first kappa shape index (κ1) is 18.6. The van der Waals surface area contributed by atoms with Gasteiger partial charge in [-0.15, -0.1) is 0 Å². The third-order valence-electron chi connectivity index (χ3n) is 5.83. The van der Waals surface area contributed by atoms with Crippen LogP contribution in [0.5, 0.6) is 5.75 Å². The van der Waals surface area contributed by atoms with E-state index in [4.69, 9.17) is 4.74 Å². The highest BCUT2D eigenvalue weighted by molar-refractivity contribution is 5.92. The number of rotatable bonds is 6. The number of carbonyl (C=O) groups excluding carboxylic acids is 1. The van der Waals surface area contributed by atoms with Gasteiger partial charge in [0.15, 0.2) is 0 Å². The van der Waals surface area contributed by atoms with Crippen LogP contribution in [0.1, 0.15) is 37.7 Å². The van der Waals surface area contributed by atoms with Gasteiger partial charge in [0.25, 0.3) is 0 Å². The van der Waals surface area contributed by atoms with Crippen LogP contribution in [-0.2, 0) is 11.2 Å². The van der Waals surface area contributed by atoms with Crippen LogP contribution in [0.4, 0.5) is 0 Å². The number of hydrogen-bond acceptors (Lipinski definition) is 2. The zero-order valence-electron chi connectivity index (χ0n) is 16.5. The minimum atomic E-state index is 0.199. The first-order chi connectivity index (χ1) is 13.8. The van der Waals surface area contributed by atoms with E-state index in [9.17, 15) is 4.79 Å². The van der Waals surface area contributed by atoms with E-state index in [1.807, 2.05) is 12.1 Å². The van der Waals surface area contributed by atoms with Gasteiger partial charge in [-0.3, -0.25) is 4.79 Å². The summed E-state index contributed by atoms with van der Waals surface area (Å²) in [6, 6.07) is 16.5. The summed E-state index contributed by atoms with van der Waals surface area (Å²) in [7, 11) is 1.69. The van der Waals surface area contributed by atoms with Crippen LogP contribution in [0.3, 0.4) is 0 Å². The second-order valence-electron chi connectivity index (χ2n) is 7.63. The quantitative estimate of drug-likeness (QED) is 0.630. The maximum absolute atomic E-state index is 12.5. The normalized spacial score (nSPS) is 14.9. The van der Waals surface area contributed by atoms with E-state index in [1.54, 1.807) is 7.11 Å². The van der Waals surface area contributed by atoms with Gasteiger partial charge < -0.3 is 15.0 Å². The monoisotopic (exact) mass is 376 g/mol. The largest absolute Gasteiger partial charge is 0.497 e. The van der Waals surface area contributed by atoms with Crippen molar-refractivity contribution < 1.29 is 9.53 Å². The predicted molar refractivity (Wildman–Crippen MR) is 114 cm³/mol. The number of aromatic nitrogens is 1. The van der Waals surface area contributed by atoms with Crippen molar-refractivity contribution in [3.05, 3.63) is 54.1 Å². The molecule has 28 heavy (non-hydrogen) atoms. The molecule has 4 heteroatoms. The Morgan fingerprint density at radius 3 is 2.64 bits per heavy atom. The first-order valence-corrected chi connectivity index (χ1v) is 10.3. The number of fused-ring (bicyclic) bond motifs is 1. The van der Waals surface area contributed by atoms with Crippen molar-refractivity contribution in [2.24, 2.45) is 5.92 Å². The lowest BCUT2D eigenvalue weighted by molar-refractivity contribution is -0.125. The summed E-state index contributed by atoms with van der Waals surface area (Å²) in [6.45, 7) is 0.652. The van der Waals surface area contributed by atoms with E-state index >= 15 is 0 Å². The number of benzene rings is 2. The molecule has 1 aliphatic carbocycles. The number of methoxy groups -OCH3 is 1. The summed E-state index contributed by atoms with van der Waals surface area (Å²) in [5.74, 6) is 1.27. The minimum Gasteiger partial charge on any atom is -0.497 e. The van der Waals surface area contributed by atoms with Gasteiger partial charge in [0.2, 0.25) is 5.91 Å². The highest BCUT2D eigenvalue weighted by atomic mass is 16.5. The highest BCUT2D eigenvalue weighted by Crippen LogP contribution is 2.33. The smallest absolute Gasteiger partial charge is 0.223 e. The first-order valence-electron chi connectivity index (χ1n) is 10.3. The van der Waals surface area contributed by atoms with Gasteiger partial charge in [-0.1, -0.05) is 49.6 Å². The minimum absolute atomic E-state index is 0.199. The summed E-state index contributed by atoms with van der Waals surface area (Å²) in [4.78, 5) is 16.1. The summed E-state index contributed by atoms with van der Waals surface area (Å²) in [5.41, 5.74) is 4.60. The molecule has 0 radical (unpaired) electrons. The lowest BCUT2D eigenvalue weighted by Gasteiger charge is -2.20. The molecule has 0 spiro atoms. The molecule has 1 aromatic heterocycles. The van der Waals surface area contributed by atoms with Crippen LogP contribution in [0.25, 0.3) is 22.2 Å². The number of H-pyrrole nitrogens is 1. The Labute approximate surface area is 166 Å². The maximum atomic E-state index is 12.5. The number of hydrogen-bond donors (Lipinski definition) is 2. The molecule has 0 saturated heterocycles. The Bertz CT molecular complexity index is 940. The Hall–Kier alpha value is -2.75. The summed E-state index contributed by atoms with van der Waals surface area (Å²) >= 11 is 0. The fourth-order valence-electron chi connectivity index (χ4n) is 4.28. The van der Waals surface area contributed by atoms with Crippen LogP contribution >= 0.6 is 0 Å². The molecule has 4 nitrogen and oxygen atoms in total. The number of ether oxygens (including phenoxy) is 1. The molecule has 0 atom stereocenters. The van der Waals surface area contributed by atoms with Crippen molar-refractivity contribution in [3.8, 4) is 17.0 Å². The molecule has 0 aliphatic heterocycles. The number of nitrogens with one attached hydrogen (secondary N) is 2. The lowest BCUT2D eigenvalue weighted by atomic mass is 9.88. The maximum Gasteiger partial charge on any atom is 0.223 e. The van der Waals surface area contributed by atoms with Crippen LogP contribution in [0, 0.1) is 5.92 Å². The molecule has 2 aromatic carbocycles.